The third-order valence-corrected chi connectivity index (χ3v) is 7.92. The average Bonchev–Trinajstić information content (AvgIpc) is 3.43. The Hall–Kier alpha value is -2.39. The Morgan fingerprint density at radius 3 is 2.31 bits per heavy atom. The number of benzene rings is 1. The fourth-order valence-corrected chi connectivity index (χ4v) is 6.04. The molecule has 4 rings (SSSR count). The molecule has 1 aromatic heterocycles. The van der Waals surface area contributed by atoms with Gasteiger partial charge in [-0.1, -0.05) is 24.3 Å². The number of nitrogens with zero attached hydrogens (tertiary/aromatic N) is 2. The fraction of sp³-hybridized carbons (Fsp3) is 0.538. The van der Waals surface area contributed by atoms with Crippen molar-refractivity contribution in [2.45, 2.75) is 63.6 Å². The highest BCUT2D eigenvalue weighted by atomic mass is 32.1. The molecular formula is C26H33F3N2O3S. The minimum absolute atomic E-state index is 0.274. The number of piperidine rings is 1. The molecule has 1 atom stereocenters. The summed E-state index contributed by atoms with van der Waals surface area (Å²) in [5, 5.41) is 11.6. The Labute approximate surface area is 208 Å². The SMILES string of the molecule is CCN(CC)C(=O)CC1CC2(CCN(Cc3ccsc3)CC2)c2ccccc21.O=C(O)C(F)(F)F. The molecule has 1 saturated heterocycles. The number of rotatable bonds is 6. The summed E-state index contributed by atoms with van der Waals surface area (Å²) in [6, 6.07) is 11.2. The molecule has 35 heavy (non-hydrogen) atoms. The lowest BCUT2D eigenvalue weighted by Crippen LogP contribution is -2.41. The van der Waals surface area contributed by atoms with Crippen molar-refractivity contribution in [2.24, 2.45) is 0 Å². The van der Waals surface area contributed by atoms with E-state index in [1.165, 1.54) is 29.5 Å². The van der Waals surface area contributed by atoms with Crippen molar-refractivity contribution in [1.82, 2.24) is 9.80 Å². The van der Waals surface area contributed by atoms with Crippen LogP contribution in [0.15, 0.2) is 41.1 Å². The quantitative estimate of drug-likeness (QED) is 0.545. The van der Waals surface area contributed by atoms with Gasteiger partial charge in [0.15, 0.2) is 0 Å². The van der Waals surface area contributed by atoms with Crippen LogP contribution in [-0.4, -0.2) is 59.1 Å². The zero-order valence-corrected chi connectivity index (χ0v) is 21.0. The van der Waals surface area contributed by atoms with Crippen LogP contribution < -0.4 is 0 Å². The molecule has 1 aliphatic heterocycles. The van der Waals surface area contributed by atoms with E-state index in [2.05, 4.69) is 59.8 Å². The molecule has 0 bridgehead atoms. The Morgan fingerprint density at radius 1 is 1.14 bits per heavy atom. The minimum Gasteiger partial charge on any atom is -0.475 e. The van der Waals surface area contributed by atoms with E-state index < -0.39 is 12.1 Å². The summed E-state index contributed by atoms with van der Waals surface area (Å²) in [5.41, 5.74) is 4.68. The van der Waals surface area contributed by atoms with Crippen molar-refractivity contribution in [3.63, 3.8) is 0 Å². The van der Waals surface area contributed by atoms with Gasteiger partial charge < -0.3 is 10.0 Å². The summed E-state index contributed by atoms with van der Waals surface area (Å²) in [6.07, 6.45) is -0.848. The number of likely N-dealkylation sites (tertiary alicyclic amines) is 1. The monoisotopic (exact) mass is 510 g/mol. The largest absolute Gasteiger partial charge is 0.490 e. The second-order valence-corrected chi connectivity index (χ2v) is 10.0. The van der Waals surface area contributed by atoms with E-state index in [1.54, 1.807) is 11.3 Å². The molecule has 2 aliphatic rings. The van der Waals surface area contributed by atoms with Crippen LogP contribution in [0.3, 0.4) is 0 Å². The number of carboxylic acid groups (broad SMARTS) is 1. The Kier molecular flexibility index (Phi) is 8.99. The maximum atomic E-state index is 12.8. The van der Waals surface area contributed by atoms with Gasteiger partial charge >= 0.3 is 12.1 Å². The Balaban J connectivity index is 0.000000429. The van der Waals surface area contributed by atoms with Crippen molar-refractivity contribution >= 4 is 23.2 Å². The third-order valence-electron chi connectivity index (χ3n) is 7.19. The van der Waals surface area contributed by atoms with E-state index in [4.69, 9.17) is 9.90 Å². The summed E-state index contributed by atoms with van der Waals surface area (Å²) in [6.45, 7) is 9.16. The summed E-state index contributed by atoms with van der Waals surface area (Å²) < 4.78 is 31.7. The number of thiophene rings is 1. The standard InChI is InChI=1S/C24H32N2OS.C2HF3O2/c1-3-26(4-2)23(27)15-20-16-24(22-8-6-5-7-21(20)22)10-12-25(13-11-24)17-19-9-14-28-18-19;3-2(4,5)1(6)7/h5-9,14,18,20H,3-4,10-13,15-17H2,1-2H3;(H,6,7). The molecule has 192 valence electrons. The Bertz CT molecular complexity index is 982. The molecule has 5 nitrogen and oxygen atoms in total. The first kappa shape index (κ1) is 27.2. The molecule has 1 spiro atoms. The van der Waals surface area contributed by atoms with Crippen molar-refractivity contribution in [3.8, 4) is 0 Å². The lowest BCUT2D eigenvalue weighted by atomic mass is 9.73. The van der Waals surface area contributed by atoms with Gasteiger partial charge in [0.2, 0.25) is 5.91 Å². The van der Waals surface area contributed by atoms with E-state index >= 15 is 0 Å². The summed E-state index contributed by atoms with van der Waals surface area (Å²) in [7, 11) is 0. The Morgan fingerprint density at radius 2 is 1.77 bits per heavy atom. The molecule has 2 heterocycles. The highest BCUT2D eigenvalue weighted by Crippen LogP contribution is 2.52. The van der Waals surface area contributed by atoms with E-state index in [0.717, 1.165) is 39.1 Å². The van der Waals surface area contributed by atoms with Gasteiger partial charge in [0.1, 0.15) is 0 Å². The van der Waals surface area contributed by atoms with Crippen LogP contribution in [0.5, 0.6) is 0 Å². The number of alkyl halides is 3. The van der Waals surface area contributed by atoms with E-state index in [0.29, 0.717) is 18.2 Å². The predicted octanol–water partition coefficient (Wildman–Crippen LogP) is 5.66. The maximum absolute atomic E-state index is 12.8. The first-order valence-electron chi connectivity index (χ1n) is 12.0. The number of halogens is 3. The summed E-state index contributed by atoms with van der Waals surface area (Å²) >= 11 is 1.79. The van der Waals surface area contributed by atoms with Gasteiger partial charge in [-0.3, -0.25) is 9.69 Å². The third kappa shape index (κ3) is 6.64. The molecule has 0 radical (unpaired) electrons. The zero-order chi connectivity index (χ0) is 25.6. The highest BCUT2D eigenvalue weighted by molar-refractivity contribution is 7.07. The van der Waals surface area contributed by atoms with Crippen molar-refractivity contribution in [1.29, 1.82) is 0 Å². The highest BCUT2D eigenvalue weighted by Gasteiger charge is 2.45. The predicted molar refractivity (Wildman–Crippen MR) is 131 cm³/mol. The second kappa shape index (κ2) is 11.6. The van der Waals surface area contributed by atoms with E-state index in [1.807, 2.05) is 4.90 Å². The van der Waals surface area contributed by atoms with Gasteiger partial charge in [-0.2, -0.15) is 24.5 Å². The second-order valence-electron chi connectivity index (χ2n) is 9.25. The fourth-order valence-electron chi connectivity index (χ4n) is 5.38. The number of carbonyl (C=O) groups excluding carboxylic acids is 1. The molecule has 1 amide bonds. The van der Waals surface area contributed by atoms with Crippen LogP contribution >= 0.6 is 11.3 Å². The normalized spacial score (nSPS) is 19.1. The molecule has 1 aromatic carbocycles. The number of amides is 1. The summed E-state index contributed by atoms with van der Waals surface area (Å²) in [5.74, 6) is -2.06. The topological polar surface area (TPSA) is 60.9 Å². The number of hydrogen-bond donors (Lipinski definition) is 1. The average molecular weight is 511 g/mol. The number of hydrogen-bond acceptors (Lipinski definition) is 4. The lowest BCUT2D eigenvalue weighted by molar-refractivity contribution is -0.192. The molecule has 1 fully saturated rings. The van der Waals surface area contributed by atoms with Gasteiger partial charge in [-0.25, -0.2) is 4.79 Å². The van der Waals surface area contributed by atoms with Gasteiger partial charge in [-0.05, 0) is 91.0 Å². The van der Waals surface area contributed by atoms with Crippen LogP contribution in [0.1, 0.15) is 62.1 Å². The minimum atomic E-state index is -5.08. The van der Waals surface area contributed by atoms with Crippen LogP contribution in [0, 0.1) is 0 Å². The van der Waals surface area contributed by atoms with Crippen LogP contribution in [-0.2, 0) is 21.5 Å². The molecule has 0 saturated carbocycles. The molecule has 9 heteroatoms. The van der Waals surface area contributed by atoms with Crippen molar-refractivity contribution in [3.05, 3.63) is 57.8 Å². The van der Waals surface area contributed by atoms with Crippen molar-refractivity contribution < 1.29 is 27.9 Å². The summed E-state index contributed by atoms with van der Waals surface area (Å²) in [4.78, 5) is 26.3. The van der Waals surface area contributed by atoms with Gasteiger partial charge in [0.05, 0.1) is 0 Å². The first-order chi connectivity index (χ1) is 16.6. The van der Waals surface area contributed by atoms with Crippen LogP contribution in [0.4, 0.5) is 13.2 Å². The lowest BCUT2D eigenvalue weighted by Gasteiger charge is -2.40. The van der Waals surface area contributed by atoms with Gasteiger partial charge in [0, 0.05) is 26.1 Å². The van der Waals surface area contributed by atoms with Crippen LogP contribution in [0.2, 0.25) is 0 Å². The molecule has 1 unspecified atom stereocenters. The number of aliphatic carboxylic acids is 1. The number of fused-ring (bicyclic) bond motifs is 2. The molecule has 1 N–H and O–H groups in total. The molecule has 1 aliphatic carbocycles. The first-order valence-corrected chi connectivity index (χ1v) is 12.9. The molecular weight excluding hydrogens is 477 g/mol. The van der Waals surface area contributed by atoms with Gasteiger partial charge in [-0.15, -0.1) is 0 Å². The van der Waals surface area contributed by atoms with Gasteiger partial charge in [0.25, 0.3) is 0 Å². The maximum Gasteiger partial charge on any atom is 0.490 e. The number of carboxylic acids is 1. The van der Waals surface area contributed by atoms with Crippen LogP contribution in [0.25, 0.3) is 0 Å². The van der Waals surface area contributed by atoms with E-state index in [9.17, 15) is 18.0 Å². The number of carbonyl (C=O) groups is 2. The zero-order valence-electron chi connectivity index (χ0n) is 20.2. The molecule has 2 aromatic rings. The van der Waals surface area contributed by atoms with E-state index in [-0.39, 0.29) is 5.41 Å². The smallest absolute Gasteiger partial charge is 0.475 e. The van der Waals surface area contributed by atoms with Crippen molar-refractivity contribution in [2.75, 3.05) is 26.2 Å².